The summed E-state index contributed by atoms with van der Waals surface area (Å²) < 4.78 is 0. The lowest BCUT2D eigenvalue weighted by molar-refractivity contribution is 0.207. The molecule has 0 saturated heterocycles. The van der Waals surface area contributed by atoms with Crippen LogP contribution in [0.3, 0.4) is 0 Å². The highest BCUT2D eigenvalue weighted by Crippen LogP contribution is 2.19. The molecule has 88 valence electrons. The second kappa shape index (κ2) is 4.84. The SMILES string of the molecule is CN(Cc1cccc2ccccc12)C(=O)NN. The lowest BCUT2D eigenvalue weighted by Crippen LogP contribution is -2.40. The maximum Gasteiger partial charge on any atom is 0.331 e. The van der Waals surface area contributed by atoms with Crippen molar-refractivity contribution in [3.63, 3.8) is 0 Å². The van der Waals surface area contributed by atoms with Crippen molar-refractivity contribution < 1.29 is 4.79 Å². The van der Waals surface area contributed by atoms with Gasteiger partial charge in [0, 0.05) is 13.6 Å². The molecule has 0 heterocycles. The fraction of sp³-hybridized carbons (Fsp3) is 0.154. The summed E-state index contributed by atoms with van der Waals surface area (Å²) in [5.74, 6) is 5.10. The number of hydrazine groups is 1. The molecule has 4 nitrogen and oxygen atoms in total. The fourth-order valence-corrected chi connectivity index (χ4v) is 1.87. The van der Waals surface area contributed by atoms with Crippen LogP contribution in [0.2, 0.25) is 0 Å². The molecule has 0 fully saturated rings. The van der Waals surface area contributed by atoms with Gasteiger partial charge in [-0.1, -0.05) is 42.5 Å². The van der Waals surface area contributed by atoms with Gasteiger partial charge in [0.25, 0.3) is 0 Å². The molecule has 0 spiro atoms. The maximum atomic E-state index is 11.3. The predicted octanol–water partition coefficient (Wildman–Crippen LogP) is 1.85. The fourth-order valence-electron chi connectivity index (χ4n) is 1.87. The van der Waals surface area contributed by atoms with Crippen LogP contribution in [-0.4, -0.2) is 18.0 Å². The summed E-state index contributed by atoms with van der Waals surface area (Å²) >= 11 is 0. The Balaban J connectivity index is 2.33. The summed E-state index contributed by atoms with van der Waals surface area (Å²) in [6.45, 7) is 0.532. The molecule has 0 bridgehead atoms. The number of benzene rings is 2. The number of carbonyl (C=O) groups excluding carboxylic acids is 1. The summed E-state index contributed by atoms with van der Waals surface area (Å²) in [4.78, 5) is 12.9. The Morgan fingerprint density at radius 2 is 1.94 bits per heavy atom. The highest BCUT2D eigenvalue weighted by Gasteiger charge is 2.08. The lowest BCUT2D eigenvalue weighted by atomic mass is 10.0. The van der Waals surface area contributed by atoms with Crippen molar-refractivity contribution in [3.8, 4) is 0 Å². The number of rotatable bonds is 2. The molecule has 2 aromatic rings. The zero-order valence-corrected chi connectivity index (χ0v) is 9.68. The Morgan fingerprint density at radius 3 is 2.71 bits per heavy atom. The Labute approximate surface area is 100.0 Å². The second-order valence-corrected chi connectivity index (χ2v) is 3.94. The van der Waals surface area contributed by atoms with Gasteiger partial charge < -0.3 is 4.90 Å². The van der Waals surface area contributed by atoms with E-state index in [4.69, 9.17) is 5.84 Å². The van der Waals surface area contributed by atoms with Crippen molar-refractivity contribution in [3.05, 3.63) is 48.0 Å². The van der Waals surface area contributed by atoms with E-state index < -0.39 is 0 Å². The first kappa shape index (κ1) is 11.4. The molecule has 0 unspecified atom stereocenters. The smallest absolute Gasteiger partial charge is 0.322 e. The molecule has 0 aromatic heterocycles. The first-order valence-corrected chi connectivity index (χ1v) is 5.40. The summed E-state index contributed by atoms with van der Waals surface area (Å²) in [5.41, 5.74) is 3.23. The molecule has 3 N–H and O–H groups in total. The van der Waals surface area contributed by atoms with Crippen LogP contribution in [0.1, 0.15) is 5.56 Å². The minimum atomic E-state index is -0.294. The van der Waals surface area contributed by atoms with Crippen LogP contribution in [-0.2, 0) is 6.54 Å². The molecule has 2 amide bonds. The van der Waals surface area contributed by atoms with Gasteiger partial charge in [-0.15, -0.1) is 0 Å². The quantitative estimate of drug-likeness (QED) is 0.469. The van der Waals surface area contributed by atoms with Gasteiger partial charge >= 0.3 is 6.03 Å². The van der Waals surface area contributed by atoms with Crippen molar-refractivity contribution in [2.75, 3.05) is 7.05 Å². The van der Waals surface area contributed by atoms with Gasteiger partial charge in [-0.05, 0) is 16.3 Å². The summed E-state index contributed by atoms with van der Waals surface area (Å²) in [6.07, 6.45) is 0. The van der Waals surface area contributed by atoms with Crippen LogP contribution in [0.15, 0.2) is 42.5 Å². The Morgan fingerprint density at radius 1 is 1.24 bits per heavy atom. The van der Waals surface area contributed by atoms with Crippen LogP contribution in [0.4, 0.5) is 4.79 Å². The van der Waals surface area contributed by atoms with Crippen LogP contribution in [0.5, 0.6) is 0 Å². The van der Waals surface area contributed by atoms with Crippen molar-refractivity contribution in [1.29, 1.82) is 0 Å². The van der Waals surface area contributed by atoms with E-state index in [9.17, 15) is 4.79 Å². The van der Waals surface area contributed by atoms with E-state index in [1.54, 1.807) is 11.9 Å². The average molecular weight is 229 g/mol. The third-order valence-electron chi connectivity index (χ3n) is 2.76. The predicted molar refractivity (Wildman–Crippen MR) is 68.1 cm³/mol. The molecule has 17 heavy (non-hydrogen) atoms. The molecule has 4 heteroatoms. The van der Waals surface area contributed by atoms with E-state index in [1.807, 2.05) is 24.3 Å². The number of nitrogens with two attached hydrogens (primary N) is 1. The van der Waals surface area contributed by atoms with Crippen LogP contribution < -0.4 is 11.3 Å². The molecule has 0 aliphatic carbocycles. The van der Waals surface area contributed by atoms with Crippen LogP contribution in [0, 0.1) is 0 Å². The number of carbonyl (C=O) groups is 1. The van der Waals surface area contributed by atoms with E-state index in [1.165, 1.54) is 5.39 Å². The second-order valence-electron chi connectivity index (χ2n) is 3.94. The number of fused-ring (bicyclic) bond motifs is 1. The molecule has 0 saturated carbocycles. The van der Waals surface area contributed by atoms with Crippen LogP contribution >= 0.6 is 0 Å². The Kier molecular flexibility index (Phi) is 3.25. The van der Waals surface area contributed by atoms with E-state index in [-0.39, 0.29) is 6.03 Å². The number of nitrogens with zero attached hydrogens (tertiary/aromatic N) is 1. The minimum absolute atomic E-state index is 0.294. The summed E-state index contributed by atoms with van der Waals surface area (Å²) in [7, 11) is 1.71. The maximum absolute atomic E-state index is 11.3. The van der Waals surface area contributed by atoms with E-state index in [0.717, 1.165) is 10.9 Å². The molecule has 2 rings (SSSR count). The van der Waals surface area contributed by atoms with Crippen molar-refractivity contribution in [2.24, 2.45) is 5.84 Å². The monoisotopic (exact) mass is 229 g/mol. The van der Waals surface area contributed by atoms with E-state index >= 15 is 0 Å². The Bertz CT molecular complexity index is 534. The van der Waals surface area contributed by atoms with Gasteiger partial charge in [0.15, 0.2) is 0 Å². The van der Waals surface area contributed by atoms with Gasteiger partial charge in [0.1, 0.15) is 0 Å². The van der Waals surface area contributed by atoms with Crippen molar-refractivity contribution in [1.82, 2.24) is 10.3 Å². The highest BCUT2D eigenvalue weighted by atomic mass is 16.2. The zero-order valence-electron chi connectivity index (χ0n) is 9.68. The van der Waals surface area contributed by atoms with Gasteiger partial charge in [-0.2, -0.15) is 0 Å². The number of hydrogen-bond acceptors (Lipinski definition) is 2. The Hall–Kier alpha value is -2.07. The molecular formula is C13H15N3O. The average Bonchev–Trinajstić information content (AvgIpc) is 2.38. The molecule has 2 aromatic carbocycles. The molecule has 0 aliphatic heterocycles. The van der Waals surface area contributed by atoms with Gasteiger partial charge in [-0.3, -0.25) is 5.43 Å². The van der Waals surface area contributed by atoms with Crippen molar-refractivity contribution in [2.45, 2.75) is 6.54 Å². The topological polar surface area (TPSA) is 58.4 Å². The normalized spacial score (nSPS) is 10.2. The molecule has 0 aliphatic rings. The summed E-state index contributed by atoms with van der Waals surface area (Å²) in [6, 6.07) is 13.9. The van der Waals surface area contributed by atoms with E-state index in [2.05, 4.69) is 23.6 Å². The minimum Gasteiger partial charge on any atom is -0.322 e. The molecular weight excluding hydrogens is 214 g/mol. The molecule has 0 radical (unpaired) electrons. The largest absolute Gasteiger partial charge is 0.331 e. The van der Waals surface area contributed by atoms with Crippen LogP contribution in [0.25, 0.3) is 10.8 Å². The highest BCUT2D eigenvalue weighted by molar-refractivity contribution is 5.86. The summed E-state index contributed by atoms with van der Waals surface area (Å²) in [5, 5.41) is 2.33. The standard InChI is InChI=1S/C13H15N3O/c1-16(13(17)15-14)9-11-7-4-6-10-5-2-3-8-12(10)11/h2-8H,9,14H2,1H3,(H,15,17). The third kappa shape index (κ3) is 2.37. The zero-order chi connectivity index (χ0) is 12.3. The van der Waals surface area contributed by atoms with Gasteiger partial charge in [0.05, 0.1) is 0 Å². The van der Waals surface area contributed by atoms with E-state index in [0.29, 0.717) is 6.54 Å². The number of amides is 2. The third-order valence-corrected chi connectivity index (χ3v) is 2.76. The lowest BCUT2D eigenvalue weighted by Gasteiger charge is -2.17. The number of urea groups is 1. The molecule has 0 atom stereocenters. The first-order chi connectivity index (χ1) is 8.22. The first-order valence-electron chi connectivity index (χ1n) is 5.40. The van der Waals surface area contributed by atoms with Crippen molar-refractivity contribution >= 4 is 16.8 Å². The van der Waals surface area contributed by atoms with Gasteiger partial charge in [-0.25, -0.2) is 10.6 Å². The van der Waals surface area contributed by atoms with Gasteiger partial charge in [0.2, 0.25) is 0 Å². The number of nitrogens with one attached hydrogen (secondary N) is 1. The number of hydrogen-bond donors (Lipinski definition) is 2.